The number of para-hydroxylation sites is 1. The van der Waals surface area contributed by atoms with Gasteiger partial charge in [-0.2, -0.15) is 0 Å². The number of fused-ring (bicyclic) bond motifs is 1. The maximum absolute atomic E-state index is 11.7. The number of rotatable bonds is 2. The van der Waals surface area contributed by atoms with Gasteiger partial charge in [-0.1, -0.05) is 12.1 Å². The van der Waals surface area contributed by atoms with E-state index in [0.717, 1.165) is 49.3 Å². The predicted molar refractivity (Wildman–Crippen MR) is 90.4 cm³/mol. The minimum atomic E-state index is -2.82. The van der Waals surface area contributed by atoms with Crippen LogP contribution in [0.15, 0.2) is 30.6 Å². The highest BCUT2D eigenvalue weighted by Crippen LogP contribution is 2.25. The average Bonchev–Trinajstić information content (AvgIpc) is 2.94. The summed E-state index contributed by atoms with van der Waals surface area (Å²) in [5, 5.41) is 1.08. The summed E-state index contributed by atoms with van der Waals surface area (Å²) in [6, 6.07) is 8.25. The maximum Gasteiger partial charge on any atom is 0.151 e. The second-order valence-electron chi connectivity index (χ2n) is 6.29. The molecule has 122 valence electrons. The fourth-order valence-corrected chi connectivity index (χ4v) is 5.37. The molecule has 2 fully saturated rings. The molecule has 23 heavy (non-hydrogen) atoms. The lowest BCUT2D eigenvalue weighted by Gasteiger charge is -2.38. The largest absolute Gasteiger partial charge is 0.353 e. The van der Waals surface area contributed by atoms with Gasteiger partial charge < -0.3 is 4.90 Å². The molecular formula is C16H20N4O2S. The lowest BCUT2D eigenvalue weighted by Crippen LogP contribution is -2.51. The first kappa shape index (κ1) is 14.8. The monoisotopic (exact) mass is 332 g/mol. The normalized spacial score (nSPS) is 25.0. The maximum atomic E-state index is 11.7. The quantitative estimate of drug-likeness (QED) is 0.815. The summed E-state index contributed by atoms with van der Waals surface area (Å²) < 4.78 is 23.3. The van der Waals surface area contributed by atoms with Crippen LogP contribution in [0.4, 0.5) is 5.82 Å². The van der Waals surface area contributed by atoms with Gasteiger partial charge in [-0.3, -0.25) is 4.90 Å². The van der Waals surface area contributed by atoms with Crippen LogP contribution in [0.25, 0.3) is 10.9 Å². The SMILES string of the molecule is O=S1(=O)CCC(N2CCN(c3ncnc4ccccc34)CC2)C1. The summed E-state index contributed by atoms with van der Waals surface area (Å²) in [6.07, 6.45) is 2.40. The highest BCUT2D eigenvalue weighted by atomic mass is 32.2. The second-order valence-corrected chi connectivity index (χ2v) is 8.52. The molecule has 7 heteroatoms. The van der Waals surface area contributed by atoms with Gasteiger partial charge in [-0.05, 0) is 18.6 Å². The zero-order chi connectivity index (χ0) is 15.9. The van der Waals surface area contributed by atoms with E-state index < -0.39 is 9.84 Å². The van der Waals surface area contributed by atoms with Crippen LogP contribution in [0, 0.1) is 0 Å². The van der Waals surface area contributed by atoms with Gasteiger partial charge in [0, 0.05) is 37.6 Å². The van der Waals surface area contributed by atoms with Crippen molar-refractivity contribution in [3.05, 3.63) is 30.6 Å². The van der Waals surface area contributed by atoms with Crippen molar-refractivity contribution < 1.29 is 8.42 Å². The molecule has 1 aromatic heterocycles. The van der Waals surface area contributed by atoms with E-state index in [4.69, 9.17) is 0 Å². The Labute approximate surface area is 136 Å². The Morgan fingerprint density at radius 2 is 1.83 bits per heavy atom. The van der Waals surface area contributed by atoms with E-state index in [9.17, 15) is 8.42 Å². The molecule has 0 radical (unpaired) electrons. The van der Waals surface area contributed by atoms with Crippen molar-refractivity contribution in [3.8, 4) is 0 Å². The Bertz CT molecular complexity index is 810. The molecule has 2 aromatic rings. The van der Waals surface area contributed by atoms with Crippen LogP contribution in [-0.4, -0.2) is 67.0 Å². The first-order chi connectivity index (χ1) is 11.1. The summed E-state index contributed by atoms with van der Waals surface area (Å²) >= 11 is 0. The van der Waals surface area contributed by atoms with Crippen LogP contribution in [-0.2, 0) is 9.84 Å². The Hall–Kier alpha value is -1.73. The molecule has 2 saturated heterocycles. The predicted octanol–water partition coefficient (Wildman–Crippen LogP) is 0.939. The van der Waals surface area contributed by atoms with Gasteiger partial charge in [-0.25, -0.2) is 18.4 Å². The summed E-state index contributed by atoms with van der Waals surface area (Å²) in [4.78, 5) is 13.4. The zero-order valence-corrected chi connectivity index (χ0v) is 13.7. The van der Waals surface area contributed by atoms with Crippen molar-refractivity contribution in [1.29, 1.82) is 0 Å². The number of hydrogen-bond donors (Lipinski definition) is 0. The van der Waals surface area contributed by atoms with Gasteiger partial charge in [0.05, 0.1) is 17.0 Å². The van der Waals surface area contributed by atoms with E-state index in [1.165, 1.54) is 0 Å². The van der Waals surface area contributed by atoms with Crippen LogP contribution in [0.5, 0.6) is 0 Å². The van der Waals surface area contributed by atoms with Crippen LogP contribution < -0.4 is 4.90 Å². The van der Waals surface area contributed by atoms with Crippen LogP contribution >= 0.6 is 0 Å². The third kappa shape index (κ3) is 2.90. The zero-order valence-electron chi connectivity index (χ0n) is 12.9. The van der Waals surface area contributed by atoms with Crippen molar-refractivity contribution in [2.45, 2.75) is 12.5 Å². The smallest absolute Gasteiger partial charge is 0.151 e. The summed E-state index contributed by atoms with van der Waals surface area (Å²) in [5.41, 5.74) is 0.960. The standard InChI is InChI=1S/C16H20N4O2S/c21-23(22)10-5-13(11-23)19-6-8-20(9-7-19)16-14-3-1-2-4-15(14)17-12-18-16/h1-4,12-13H,5-11H2. The first-order valence-corrected chi connectivity index (χ1v) is 9.84. The van der Waals surface area contributed by atoms with Gasteiger partial charge in [-0.15, -0.1) is 0 Å². The molecule has 1 aromatic carbocycles. The van der Waals surface area contributed by atoms with E-state index in [1.54, 1.807) is 6.33 Å². The van der Waals surface area contributed by atoms with Crippen molar-refractivity contribution in [2.24, 2.45) is 0 Å². The van der Waals surface area contributed by atoms with Crippen molar-refractivity contribution >= 4 is 26.6 Å². The molecular weight excluding hydrogens is 312 g/mol. The van der Waals surface area contributed by atoms with E-state index in [0.29, 0.717) is 11.5 Å². The van der Waals surface area contributed by atoms with Gasteiger partial charge in [0.2, 0.25) is 0 Å². The van der Waals surface area contributed by atoms with Crippen molar-refractivity contribution in [1.82, 2.24) is 14.9 Å². The molecule has 0 N–H and O–H groups in total. The molecule has 1 unspecified atom stereocenters. The second kappa shape index (κ2) is 5.72. The number of benzene rings is 1. The third-order valence-electron chi connectivity index (χ3n) is 4.86. The molecule has 6 nitrogen and oxygen atoms in total. The number of aromatic nitrogens is 2. The van der Waals surface area contributed by atoms with E-state index >= 15 is 0 Å². The molecule has 0 amide bonds. The van der Waals surface area contributed by atoms with Crippen molar-refractivity contribution in [2.75, 3.05) is 42.6 Å². The third-order valence-corrected chi connectivity index (χ3v) is 6.61. The lowest BCUT2D eigenvalue weighted by atomic mass is 10.1. The van der Waals surface area contributed by atoms with Gasteiger partial charge in [0.15, 0.2) is 9.84 Å². The molecule has 2 aliphatic rings. The van der Waals surface area contributed by atoms with Crippen LogP contribution in [0.1, 0.15) is 6.42 Å². The first-order valence-electron chi connectivity index (χ1n) is 8.01. The molecule has 2 aliphatic heterocycles. The van der Waals surface area contributed by atoms with Gasteiger partial charge in [0.1, 0.15) is 12.1 Å². The molecule has 1 atom stereocenters. The molecule has 0 aliphatic carbocycles. The van der Waals surface area contributed by atoms with E-state index in [2.05, 4.69) is 25.8 Å². The number of hydrogen-bond acceptors (Lipinski definition) is 6. The van der Waals surface area contributed by atoms with Crippen molar-refractivity contribution in [3.63, 3.8) is 0 Å². The molecule has 4 rings (SSSR count). The summed E-state index contributed by atoms with van der Waals surface area (Å²) in [5.74, 6) is 1.65. The minimum absolute atomic E-state index is 0.198. The van der Waals surface area contributed by atoms with Crippen LogP contribution in [0.2, 0.25) is 0 Å². The number of piperazine rings is 1. The van der Waals surface area contributed by atoms with Crippen LogP contribution in [0.3, 0.4) is 0 Å². The average molecular weight is 332 g/mol. The topological polar surface area (TPSA) is 66.4 Å². The Morgan fingerprint density at radius 3 is 2.57 bits per heavy atom. The lowest BCUT2D eigenvalue weighted by molar-refractivity contribution is 0.200. The Kier molecular flexibility index (Phi) is 3.69. The molecule has 0 saturated carbocycles. The molecule has 3 heterocycles. The van der Waals surface area contributed by atoms with Gasteiger partial charge >= 0.3 is 0 Å². The number of nitrogens with zero attached hydrogens (tertiary/aromatic N) is 4. The molecule has 0 spiro atoms. The minimum Gasteiger partial charge on any atom is -0.353 e. The Balaban J connectivity index is 1.49. The highest BCUT2D eigenvalue weighted by molar-refractivity contribution is 7.91. The van der Waals surface area contributed by atoms with E-state index in [-0.39, 0.29) is 6.04 Å². The summed E-state index contributed by atoms with van der Waals surface area (Å²) in [6.45, 7) is 3.52. The Morgan fingerprint density at radius 1 is 1.04 bits per heavy atom. The number of sulfone groups is 1. The number of anilines is 1. The van der Waals surface area contributed by atoms with Gasteiger partial charge in [0.25, 0.3) is 0 Å². The fourth-order valence-electron chi connectivity index (χ4n) is 3.60. The summed E-state index contributed by atoms with van der Waals surface area (Å²) in [7, 11) is -2.82. The molecule has 0 bridgehead atoms. The fraction of sp³-hybridized carbons (Fsp3) is 0.500. The van der Waals surface area contributed by atoms with E-state index in [1.807, 2.05) is 18.2 Å². The highest BCUT2D eigenvalue weighted by Gasteiger charge is 2.33.